The van der Waals surface area contributed by atoms with Crippen molar-refractivity contribution >= 4 is 12.0 Å². The van der Waals surface area contributed by atoms with E-state index < -0.39 is 11.9 Å². The lowest BCUT2D eigenvalue weighted by atomic mass is 9.99. The van der Waals surface area contributed by atoms with Gasteiger partial charge in [0.25, 0.3) is 0 Å². The molecule has 7 heteroatoms. The summed E-state index contributed by atoms with van der Waals surface area (Å²) >= 11 is 0. The zero-order valence-electron chi connectivity index (χ0n) is 11.7. The minimum absolute atomic E-state index is 0.149. The van der Waals surface area contributed by atoms with Crippen LogP contribution in [0.1, 0.15) is 12.8 Å². The molecule has 2 aliphatic heterocycles. The molecule has 0 aromatic rings. The van der Waals surface area contributed by atoms with Crippen molar-refractivity contribution in [3.63, 3.8) is 0 Å². The van der Waals surface area contributed by atoms with Gasteiger partial charge in [-0.3, -0.25) is 9.69 Å². The third-order valence-electron chi connectivity index (χ3n) is 3.87. The first kappa shape index (κ1) is 15.1. The number of amides is 2. The van der Waals surface area contributed by atoms with Gasteiger partial charge in [0.1, 0.15) is 0 Å². The van der Waals surface area contributed by atoms with E-state index in [2.05, 4.69) is 10.2 Å². The molecule has 0 aromatic heterocycles. The fraction of sp³-hybridized carbons (Fsp3) is 0.846. The number of piperidine rings is 1. The van der Waals surface area contributed by atoms with Crippen LogP contribution in [-0.4, -0.2) is 79.4 Å². The maximum atomic E-state index is 12.0. The van der Waals surface area contributed by atoms with E-state index >= 15 is 0 Å². The number of nitrogens with zero attached hydrogens (tertiary/aromatic N) is 2. The van der Waals surface area contributed by atoms with E-state index in [4.69, 9.17) is 9.84 Å². The molecule has 2 saturated heterocycles. The number of aliphatic carboxylic acids is 1. The van der Waals surface area contributed by atoms with Crippen LogP contribution in [-0.2, 0) is 9.53 Å². The highest BCUT2D eigenvalue weighted by molar-refractivity contribution is 5.76. The molecule has 20 heavy (non-hydrogen) atoms. The Morgan fingerprint density at radius 2 is 2.00 bits per heavy atom. The largest absolute Gasteiger partial charge is 0.481 e. The van der Waals surface area contributed by atoms with Crippen LogP contribution in [0, 0.1) is 5.92 Å². The van der Waals surface area contributed by atoms with Gasteiger partial charge < -0.3 is 20.1 Å². The van der Waals surface area contributed by atoms with Crippen LogP contribution in [0.25, 0.3) is 0 Å². The standard InChI is InChI=1S/C13H23N3O4/c17-12(18)11-2-1-4-16(10-11)13(19)14-3-5-15-6-8-20-9-7-15/h11H,1-10H2,(H,14,19)(H,17,18)/t11-/m0/s1. The van der Waals surface area contributed by atoms with Crippen LogP contribution < -0.4 is 5.32 Å². The molecule has 2 heterocycles. The summed E-state index contributed by atoms with van der Waals surface area (Å²) in [5.74, 6) is -1.23. The molecule has 0 aromatic carbocycles. The van der Waals surface area contributed by atoms with Crippen LogP contribution in [0.5, 0.6) is 0 Å². The fourth-order valence-electron chi connectivity index (χ4n) is 2.62. The second-order valence-electron chi connectivity index (χ2n) is 5.31. The van der Waals surface area contributed by atoms with Crippen molar-refractivity contribution in [3.05, 3.63) is 0 Å². The normalized spacial score (nSPS) is 24.4. The van der Waals surface area contributed by atoms with Crippen LogP contribution in [0.2, 0.25) is 0 Å². The zero-order valence-corrected chi connectivity index (χ0v) is 11.7. The smallest absolute Gasteiger partial charge is 0.317 e. The molecule has 7 nitrogen and oxygen atoms in total. The van der Waals surface area contributed by atoms with Crippen molar-refractivity contribution in [1.29, 1.82) is 0 Å². The summed E-state index contributed by atoms with van der Waals surface area (Å²) in [5.41, 5.74) is 0. The Bertz CT molecular complexity index is 345. The van der Waals surface area contributed by atoms with Crippen LogP contribution in [0.4, 0.5) is 4.79 Å². The maximum Gasteiger partial charge on any atom is 0.317 e. The number of carboxylic acids is 1. The first-order chi connectivity index (χ1) is 9.66. The summed E-state index contributed by atoms with van der Waals surface area (Å²) in [4.78, 5) is 26.8. The van der Waals surface area contributed by atoms with Gasteiger partial charge in [-0.25, -0.2) is 4.79 Å². The predicted octanol–water partition coefficient (Wildman–Crippen LogP) is -0.175. The van der Waals surface area contributed by atoms with Gasteiger partial charge in [0.15, 0.2) is 0 Å². The summed E-state index contributed by atoms with van der Waals surface area (Å²) in [6, 6.07) is -0.149. The molecular formula is C13H23N3O4. The number of carboxylic acid groups (broad SMARTS) is 1. The lowest BCUT2D eigenvalue weighted by Gasteiger charge is -2.31. The highest BCUT2D eigenvalue weighted by Gasteiger charge is 2.27. The van der Waals surface area contributed by atoms with Crippen molar-refractivity contribution in [1.82, 2.24) is 15.1 Å². The number of morpholine rings is 1. The maximum absolute atomic E-state index is 12.0. The van der Waals surface area contributed by atoms with Gasteiger partial charge in [-0.05, 0) is 12.8 Å². The van der Waals surface area contributed by atoms with E-state index in [0.29, 0.717) is 26.1 Å². The Morgan fingerprint density at radius 1 is 1.25 bits per heavy atom. The summed E-state index contributed by atoms with van der Waals surface area (Å²) < 4.78 is 5.26. The minimum Gasteiger partial charge on any atom is -0.481 e. The molecule has 2 fully saturated rings. The van der Waals surface area contributed by atoms with E-state index in [-0.39, 0.29) is 6.03 Å². The van der Waals surface area contributed by atoms with Crippen LogP contribution in [0.3, 0.4) is 0 Å². The van der Waals surface area contributed by atoms with Gasteiger partial charge in [0.2, 0.25) is 0 Å². The van der Waals surface area contributed by atoms with Crippen molar-refractivity contribution in [2.75, 3.05) is 52.5 Å². The number of carbonyl (C=O) groups excluding carboxylic acids is 1. The Hall–Kier alpha value is -1.34. The SMILES string of the molecule is O=C(O)[C@H]1CCCN(C(=O)NCCN2CCOCC2)C1. The third kappa shape index (κ3) is 4.35. The fourth-order valence-corrected chi connectivity index (χ4v) is 2.62. The summed E-state index contributed by atoms with van der Waals surface area (Å²) in [5, 5.41) is 11.9. The van der Waals surface area contributed by atoms with Gasteiger partial charge in [0.05, 0.1) is 19.1 Å². The van der Waals surface area contributed by atoms with Crippen LogP contribution >= 0.6 is 0 Å². The molecule has 0 unspecified atom stereocenters. The van der Waals surface area contributed by atoms with Crippen molar-refractivity contribution in [2.24, 2.45) is 5.92 Å². The topological polar surface area (TPSA) is 82.1 Å². The van der Waals surface area contributed by atoms with Crippen molar-refractivity contribution in [3.8, 4) is 0 Å². The molecular weight excluding hydrogens is 262 g/mol. The predicted molar refractivity (Wildman–Crippen MR) is 72.6 cm³/mol. The van der Waals surface area contributed by atoms with E-state index in [0.717, 1.165) is 39.3 Å². The molecule has 2 aliphatic rings. The number of hydrogen-bond acceptors (Lipinski definition) is 4. The van der Waals surface area contributed by atoms with Gasteiger partial charge >= 0.3 is 12.0 Å². The number of urea groups is 1. The number of hydrogen-bond donors (Lipinski definition) is 2. The highest BCUT2D eigenvalue weighted by atomic mass is 16.5. The van der Waals surface area contributed by atoms with Gasteiger partial charge in [-0.1, -0.05) is 0 Å². The Kier molecular flexibility index (Phi) is 5.60. The average molecular weight is 285 g/mol. The first-order valence-electron chi connectivity index (χ1n) is 7.22. The van der Waals surface area contributed by atoms with Crippen molar-refractivity contribution in [2.45, 2.75) is 12.8 Å². The van der Waals surface area contributed by atoms with Gasteiger partial charge in [0, 0.05) is 39.3 Å². The molecule has 114 valence electrons. The molecule has 2 N–H and O–H groups in total. The summed E-state index contributed by atoms with van der Waals surface area (Å²) in [6.45, 7) is 5.67. The third-order valence-corrected chi connectivity index (χ3v) is 3.87. The Balaban J connectivity index is 1.67. The molecule has 2 rings (SSSR count). The monoisotopic (exact) mass is 285 g/mol. The minimum atomic E-state index is -0.809. The molecule has 0 bridgehead atoms. The number of rotatable bonds is 4. The average Bonchev–Trinajstić information content (AvgIpc) is 2.48. The number of nitrogens with one attached hydrogen (secondary N) is 1. The second-order valence-corrected chi connectivity index (χ2v) is 5.31. The van der Waals surface area contributed by atoms with E-state index in [9.17, 15) is 9.59 Å². The van der Waals surface area contributed by atoms with E-state index in [1.54, 1.807) is 4.90 Å². The first-order valence-corrected chi connectivity index (χ1v) is 7.22. The van der Waals surface area contributed by atoms with Crippen LogP contribution in [0.15, 0.2) is 0 Å². The lowest BCUT2D eigenvalue weighted by Crippen LogP contribution is -2.49. The van der Waals surface area contributed by atoms with E-state index in [1.165, 1.54) is 0 Å². The molecule has 0 saturated carbocycles. The lowest BCUT2D eigenvalue weighted by molar-refractivity contribution is -0.143. The Morgan fingerprint density at radius 3 is 2.70 bits per heavy atom. The second kappa shape index (κ2) is 7.44. The number of likely N-dealkylation sites (tertiary alicyclic amines) is 1. The van der Waals surface area contributed by atoms with Crippen molar-refractivity contribution < 1.29 is 19.4 Å². The molecule has 0 spiro atoms. The number of carbonyl (C=O) groups is 2. The molecule has 0 aliphatic carbocycles. The molecule has 1 atom stereocenters. The summed E-state index contributed by atoms with van der Waals surface area (Å²) in [6.07, 6.45) is 1.42. The zero-order chi connectivity index (χ0) is 14.4. The van der Waals surface area contributed by atoms with Gasteiger partial charge in [-0.15, -0.1) is 0 Å². The summed E-state index contributed by atoms with van der Waals surface area (Å²) in [7, 11) is 0. The molecule has 2 amide bonds. The number of ether oxygens (including phenoxy) is 1. The quantitative estimate of drug-likeness (QED) is 0.749. The highest BCUT2D eigenvalue weighted by Crippen LogP contribution is 2.16. The Labute approximate surface area is 118 Å². The van der Waals surface area contributed by atoms with E-state index in [1.807, 2.05) is 0 Å². The van der Waals surface area contributed by atoms with Gasteiger partial charge in [-0.2, -0.15) is 0 Å². The molecule has 0 radical (unpaired) electrons.